The number of nitrogens with zero attached hydrogens (tertiary/aromatic N) is 1. The summed E-state index contributed by atoms with van der Waals surface area (Å²) in [7, 11) is 0. The fourth-order valence-electron chi connectivity index (χ4n) is 1.99. The maximum Gasteiger partial charge on any atom is 0.155 e. The number of hydrogen-bond donors (Lipinski definition) is 0. The fraction of sp³-hybridized carbons (Fsp3) is 0.429. The average molecular weight is 231 g/mol. The van der Waals surface area contributed by atoms with Crippen molar-refractivity contribution in [3.63, 3.8) is 0 Å². The highest BCUT2D eigenvalue weighted by Gasteiger charge is 2.22. The summed E-state index contributed by atoms with van der Waals surface area (Å²) < 4.78 is 0. The monoisotopic (exact) mass is 231 g/mol. The van der Waals surface area contributed by atoms with E-state index in [1.54, 1.807) is 5.06 Å². The number of hydrogen-bond acceptors (Lipinski definition) is 3. The molecule has 3 heteroatoms. The highest BCUT2D eigenvalue weighted by molar-refractivity contribution is 5.87. The fourth-order valence-corrected chi connectivity index (χ4v) is 1.99. The van der Waals surface area contributed by atoms with Crippen molar-refractivity contribution in [3.8, 4) is 0 Å². The van der Waals surface area contributed by atoms with Crippen LogP contribution in [0.5, 0.6) is 0 Å². The summed E-state index contributed by atoms with van der Waals surface area (Å²) in [6.07, 6.45) is 3.00. The SMILES string of the molecule is CCCCON1CCc2ccccc2C1=C=O. The lowest BCUT2D eigenvalue weighted by molar-refractivity contribution is -0.111. The van der Waals surface area contributed by atoms with Crippen molar-refractivity contribution in [1.82, 2.24) is 5.06 Å². The molecule has 0 spiro atoms. The Labute approximate surface area is 102 Å². The van der Waals surface area contributed by atoms with Crippen LogP contribution in [-0.2, 0) is 16.1 Å². The molecule has 1 aromatic carbocycles. The van der Waals surface area contributed by atoms with E-state index in [4.69, 9.17) is 4.84 Å². The van der Waals surface area contributed by atoms with Crippen LogP contribution in [0.25, 0.3) is 5.70 Å². The third kappa shape index (κ3) is 2.57. The van der Waals surface area contributed by atoms with Gasteiger partial charge in [-0.15, -0.1) is 0 Å². The van der Waals surface area contributed by atoms with Crippen LogP contribution in [0.4, 0.5) is 0 Å². The quantitative estimate of drug-likeness (QED) is 0.589. The predicted molar refractivity (Wildman–Crippen MR) is 66.8 cm³/mol. The van der Waals surface area contributed by atoms with Gasteiger partial charge in [-0.1, -0.05) is 37.6 Å². The van der Waals surface area contributed by atoms with Crippen LogP contribution in [-0.4, -0.2) is 24.2 Å². The summed E-state index contributed by atoms with van der Waals surface area (Å²) in [5.41, 5.74) is 2.68. The van der Waals surface area contributed by atoms with E-state index in [0.29, 0.717) is 12.3 Å². The van der Waals surface area contributed by atoms with E-state index in [2.05, 4.69) is 13.0 Å². The lowest BCUT2D eigenvalue weighted by Crippen LogP contribution is -2.30. The van der Waals surface area contributed by atoms with Crippen LogP contribution in [0, 0.1) is 0 Å². The molecule has 3 nitrogen and oxygen atoms in total. The molecule has 1 aliphatic rings. The Morgan fingerprint density at radius 2 is 2.24 bits per heavy atom. The first-order valence-corrected chi connectivity index (χ1v) is 6.10. The molecule has 0 atom stereocenters. The molecule has 0 unspecified atom stereocenters. The molecule has 1 heterocycles. The Balaban J connectivity index is 2.16. The topological polar surface area (TPSA) is 29.5 Å². The summed E-state index contributed by atoms with van der Waals surface area (Å²) in [4.78, 5) is 16.7. The van der Waals surface area contributed by atoms with Crippen molar-refractivity contribution >= 4 is 11.6 Å². The van der Waals surface area contributed by atoms with Gasteiger partial charge < -0.3 is 0 Å². The summed E-state index contributed by atoms with van der Waals surface area (Å²) in [6, 6.07) is 7.93. The first-order valence-electron chi connectivity index (χ1n) is 6.10. The van der Waals surface area contributed by atoms with Gasteiger partial charge in [0.25, 0.3) is 0 Å². The van der Waals surface area contributed by atoms with E-state index in [0.717, 1.165) is 31.4 Å². The summed E-state index contributed by atoms with van der Waals surface area (Å²) >= 11 is 0. The van der Waals surface area contributed by atoms with Gasteiger partial charge in [0.1, 0.15) is 0 Å². The average Bonchev–Trinajstić information content (AvgIpc) is 2.38. The van der Waals surface area contributed by atoms with Crippen LogP contribution in [0.2, 0.25) is 0 Å². The van der Waals surface area contributed by atoms with Crippen molar-refractivity contribution < 1.29 is 9.63 Å². The highest BCUT2D eigenvalue weighted by Crippen LogP contribution is 2.26. The maximum absolute atomic E-state index is 11.1. The van der Waals surface area contributed by atoms with E-state index in [1.165, 1.54) is 5.56 Å². The van der Waals surface area contributed by atoms with Crippen molar-refractivity contribution in [1.29, 1.82) is 0 Å². The second-order valence-corrected chi connectivity index (χ2v) is 4.15. The molecule has 0 aromatic heterocycles. The second-order valence-electron chi connectivity index (χ2n) is 4.15. The molecular weight excluding hydrogens is 214 g/mol. The molecule has 1 aliphatic heterocycles. The van der Waals surface area contributed by atoms with Gasteiger partial charge >= 0.3 is 0 Å². The minimum atomic E-state index is 0.531. The van der Waals surface area contributed by atoms with Gasteiger partial charge in [0.2, 0.25) is 0 Å². The minimum Gasteiger partial charge on any atom is -0.273 e. The Kier molecular flexibility index (Phi) is 3.97. The van der Waals surface area contributed by atoms with Crippen LogP contribution < -0.4 is 0 Å². The molecule has 0 fully saturated rings. The van der Waals surface area contributed by atoms with Gasteiger partial charge in [0.05, 0.1) is 13.2 Å². The number of benzene rings is 1. The molecule has 90 valence electrons. The zero-order valence-corrected chi connectivity index (χ0v) is 10.1. The van der Waals surface area contributed by atoms with Crippen LogP contribution in [0.3, 0.4) is 0 Å². The third-order valence-corrected chi connectivity index (χ3v) is 2.95. The van der Waals surface area contributed by atoms with Gasteiger partial charge in [-0.2, -0.15) is 0 Å². The standard InChI is InChI=1S/C14H17NO2/c1-2-3-10-17-15-9-8-12-6-4-5-7-13(12)14(15)11-16/h4-7H,2-3,8-10H2,1H3. The molecule has 0 radical (unpaired) electrons. The first kappa shape index (κ1) is 11.9. The molecule has 0 amide bonds. The van der Waals surface area contributed by atoms with Crippen molar-refractivity contribution in [2.75, 3.05) is 13.2 Å². The Morgan fingerprint density at radius 1 is 1.41 bits per heavy atom. The summed E-state index contributed by atoms with van der Waals surface area (Å²) in [6.45, 7) is 3.50. The molecule has 0 N–H and O–H groups in total. The van der Waals surface area contributed by atoms with Gasteiger partial charge in [-0.3, -0.25) is 4.84 Å². The van der Waals surface area contributed by atoms with E-state index < -0.39 is 0 Å². The summed E-state index contributed by atoms with van der Waals surface area (Å²) in [5, 5.41) is 1.69. The van der Waals surface area contributed by atoms with E-state index in [1.807, 2.05) is 24.1 Å². The van der Waals surface area contributed by atoms with Gasteiger partial charge in [0.15, 0.2) is 11.6 Å². The lowest BCUT2D eigenvalue weighted by Gasteiger charge is -2.29. The zero-order valence-electron chi connectivity index (χ0n) is 10.1. The Morgan fingerprint density at radius 3 is 3.00 bits per heavy atom. The van der Waals surface area contributed by atoms with Gasteiger partial charge in [-0.05, 0) is 18.4 Å². The first-order chi connectivity index (χ1) is 8.36. The molecular formula is C14H17NO2. The number of rotatable bonds is 4. The van der Waals surface area contributed by atoms with Crippen molar-refractivity contribution in [2.24, 2.45) is 0 Å². The summed E-state index contributed by atoms with van der Waals surface area (Å²) in [5.74, 6) is 2.00. The van der Waals surface area contributed by atoms with Crippen LogP contribution in [0.15, 0.2) is 24.3 Å². The van der Waals surface area contributed by atoms with Gasteiger partial charge in [-0.25, -0.2) is 9.86 Å². The number of unbranched alkanes of at least 4 members (excludes halogenated alkanes) is 1. The molecule has 2 rings (SSSR count). The minimum absolute atomic E-state index is 0.531. The molecule has 0 bridgehead atoms. The molecule has 0 saturated heterocycles. The van der Waals surface area contributed by atoms with Gasteiger partial charge in [0, 0.05) is 5.56 Å². The Bertz CT molecular complexity index is 436. The van der Waals surface area contributed by atoms with E-state index in [-0.39, 0.29) is 0 Å². The predicted octanol–water partition coefficient (Wildman–Crippen LogP) is 2.45. The molecule has 17 heavy (non-hydrogen) atoms. The molecule has 1 aromatic rings. The van der Waals surface area contributed by atoms with Crippen molar-refractivity contribution in [2.45, 2.75) is 26.2 Å². The van der Waals surface area contributed by atoms with E-state index in [9.17, 15) is 4.79 Å². The second kappa shape index (κ2) is 5.67. The Hall–Kier alpha value is -1.57. The lowest BCUT2D eigenvalue weighted by atomic mass is 9.99. The smallest absolute Gasteiger partial charge is 0.155 e. The largest absolute Gasteiger partial charge is 0.273 e. The zero-order chi connectivity index (χ0) is 12.1. The normalized spacial score (nSPS) is 14.4. The van der Waals surface area contributed by atoms with E-state index >= 15 is 0 Å². The maximum atomic E-state index is 11.1. The molecule has 0 aliphatic carbocycles. The van der Waals surface area contributed by atoms with Crippen LogP contribution in [0.1, 0.15) is 30.9 Å². The van der Waals surface area contributed by atoms with Crippen LogP contribution >= 0.6 is 0 Å². The number of carbonyl (C=O) groups excluding carboxylic acids is 1. The van der Waals surface area contributed by atoms with Crippen molar-refractivity contribution in [3.05, 3.63) is 35.4 Å². The number of hydroxylamine groups is 2. The third-order valence-electron chi connectivity index (χ3n) is 2.95. The molecule has 0 saturated carbocycles. The number of fused-ring (bicyclic) bond motifs is 1. The highest BCUT2D eigenvalue weighted by atomic mass is 16.7.